The lowest BCUT2D eigenvalue weighted by atomic mass is 9.94. The number of halogens is 2. The van der Waals surface area contributed by atoms with Crippen molar-refractivity contribution in [3.63, 3.8) is 0 Å². The second kappa shape index (κ2) is 6.50. The maximum Gasteiger partial charge on any atom is 0.225 e. The van der Waals surface area contributed by atoms with E-state index in [1.165, 1.54) is 0 Å². The Hall–Kier alpha value is -1.51. The molecular formula is C17H17Cl2NO. The molecule has 21 heavy (non-hydrogen) atoms. The normalized spacial score (nSPS) is 11.2. The number of carbonyl (C=O) groups excluding carboxylic acids is 1. The van der Waals surface area contributed by atoms with Gasteiger partial charge in [0.15, 0.2) is 0 Å². The van der Waals surface area contributed by atoms with Crippen LogP contribution < -0.4 is 5.32 Å². The van der Waals surface area contributed by atoms with Gasteiger partial charge in [-0.05, 0) is 49.2 Å². The van der Waals surface area contributed by atoms with E-state index in [0.29, 0.717) is 16.5 Å². The zero-order valence-corrected chi connectivity index (χ0v) is 13.5. The van der Waals surface area contributed by atoms with E-state index in [1.807, 2.05) is 50.2 Å². The first-order valence-electron chi connectivity index (χ1n) is 6.68. The summed E-state index contributed by atoms with van der Waals surface area (Å²) in [5.41, 5.74) is 1.49. The minimum Gasteiger partial charge on any atom is -0.347 e. The van der Waals surface area contributed by atoms with Gasteiger partial charge in [0, 0.05) is 10.0 Å². The van der Waals surface area contributed by atoms with Crippen molar-refractivity contribution in [2.75, 3.05) is 0 Å². The van der Waals surface area contributed by atoms with E-state index in [0.717, 1.165) is 11.1 Å². The molecule has 1 N–H and O–H groups in total. The smallest absolute Gasteiger partial charge is 0.225 e. The van der Waals surface area contributed by atoms with Gasteiger partial charge in [-0.25, -0.2) is 0 Å². The number of hydrogen-bond acceptors (Lipinski definition) is 1. The van der Waals surface area contributed by atoms with Crippen molar-refractivity contribution in [3.8, 4) is 0 Å². The van der Waals surface area contributed by atoms with Crippen LogP contribution in [0.3, 0.4) is 0 Å². The molecule has 110 valence electrons. The third kappa shape index (κ3) is 4.48. The van der Waals surface area contributed by atoms with E-state index < -0.39 is 5.54 Å². The van der Waals surface area contributed by atoms with Gasteiger partial charge in [0.25, 0.3) is 0 Å². The van der Waals surface area contributed by atoms with Crippen LogP contribution in [-0.4, -0.2) is 5.91 Å². The summed E-state index contributed by atoms with van der Waals surface area (Å²) in [6.07, 6.45) is 0.328. The molecule has 1 amide bonds. The van der Waals surface area contributed by atoms with Gasteiger partial charge in [-0.1, -0.05) is 47.5 Å². The molecule has 0 aliphatic carbocycles. The number of amides is 1. The summed E-state index contributed by atoms with van der Waals surface area (Å²) in [4.78, 5) is 12.2. The molecule has 0 saturated heterocycles. The van der Waals surface area contributed by atoms with Crippen LogP contribution in [0, 0.1) is 0 Å². The van der Waals surface area contributed by atoms with Gasteiger partial charge in [-0.15, -0.1) is 0 Å². The molecule has 0 aliphatic heterocycles. The van der Waals surface area contributed by atoms with Gasteiger partial charge < -0.3 is 5.32 Å². The second-order valence-electron chi connectivity index (χ2n) is 5.48. The first-order chi connectivity index (χ1) is 9.87. The fourth-order valence-electron chi connectivity index (χ4n) is 2.12. The van der Waals surface area contributed by atoms with Gasteiger partial charge >= 0.3 is 0 Å². The largest absolute Gasteiger partial charge is 0.347 e. The summed E-state index contributed by atoms with van der Waals surface area (Å²) in [5, 5.41) is 4.39. The first-order valence-corrected chi connectivity index (χ1v) is 7.44. The van der Waals surface area contributed by atoms with Crippen LogP contribution in [0.4, 0.5) is 0 Å². The molecule has 2 aromatic carbocycles. The zero-order valence-electron chi connectivity index (χ0n) is 12.0. The molecule has 0 heterocycles. The minimum absolute atomic E-state index is 0.0303. The third-order valence-electron chi connectivity index (χ3n) is 3.30. The van der Waals surface area contributed by atoms with Crippen LogP contribution in [0.25, 0.3) is 0 Å². The Morgan fingerprint density at radius 2 is 1.43 bits per heavy atom. The Kier molecular flexibility index (Phi) is 4.92. The Morgan fingerprint density at radius 3 is 1.95 bits per heavy atom. The summed E-state index contributed by atoms with van der Waals surface area (Å²) in [5.74, 6) is -0.0303. The minimum atomic E-state index is -0.450. The fraction of sp³-hybridized carbons (Fsp3) is 0.235. The fourth-order valence-corrected chi connectivity index (χ4v) is 2.37. The molecule has 2 nitrogen and oxygen atoms in total. The molecule has 2 aromatic rings. The summed E-state index contributed by atoms with van der Waals surface area (Å²) in [7, 11) is 0. The molecule has 2 rings (SSSR count). The Balaban J connectivity index is 2.03. The van der Waals surface area contributed by atoms with E-state index in [1.54, 1.807) is 12.1 Å². The highest BCUT2D eigenvalue weighted by molar-refractivity contribution is 6.30. The molecule has 0 unspecified atom stereocenters. The van der Waals surface area contributed by atoms with Crippen molar-refractivity contribution in [2.45, 2.75) is 25.8 Å². The molecule has 0 fully saturated rings. The molecule has 0 spiro atoms. The monoisotopic (exact) mass is 321 g/mol. The summed E-state index contributed by atoms with van der Waals surface area (Å²) < 4.78 is 0. The molecule has 0 aliphatic rings. The van der Waals surface area contributed by atoms with Crippen LogP contribution in [0.5, 0.6) is 0 Å². The molecule has 0 saturated carbocycles. The van der Waals surface area contributed by atoms with Gasteiger partial charge in [-0.3, -0.25) is 4.79 Å². The predicted molar refractivity (Wildman–Crippen MR) is 87.8 cm³/mol. The maximum absolute atomic E-state index is 12.2. The van der Waals surface area contributed by atoms with Crippen LogP contribution in [0.15, 0.2) is 48.5 Å². The van der Waals surface area contributed by atoms with Crippen LogP contribution in [0.2, 0.25) is 10.0 Å². The van der Waals surface area contributed by atoms with Gasteiger partial charge in [-0.2, -0.15) is 0 Å². The van der Waals surface area contributed by atoms with E-state index >= 15 is 0 Å². The SMILES string of the molecule is CC(C)(NC(=O)Cc1ccc(Cl)cc1)c1ccc(Cl)cc1. The quantitative estimate of drug-likeness (QED) is 0.876. The van der Waals surface area contributed by atoms with E-state index in [9.17, 15) is 4.79 Å². The Bertz CT molecular complexity index is 618. The van der Waals surface area contributed by atoms with Gasteiger partial charge in [0.2, 0.25) is 5.91 Å². The predicted octanol–water partition coefficient (Wildman–Crippen LogP) is 4.59. The zero-order chi connectivity index (χ0) is 15.5. The van der Waals surface area contributed by atoms with Crippen molar-refractivity contribution in [1.29, 1.82) is 0 Å². The van der Waals surface area contributed by atoms with Crippen LogP contribution in [-0.2, 0) is 16.8 Å². The van der Waals surface area contributed by atoms with Crippen molar-refractivity contribution >= 4 is 29.1 Å². The lowest BCUT2D eigenvalue weighted by Crippen LogP contribution is -2.41. The molecule has 0 atom stereocenters. The summed E-state index contributed by atoms with van der Waals surface area (Å²) in [6.45, 7) is 3.94. The number of nitrogens with one attached hydrogen (secondary N) is 1. The lowest BCUT2D eigenvalue weighted by molar-refractivity contribution is -0.122. The average molecular weight is 322 g/mol. The average Bonchev–Trinajstić information content (AvgIpc) is 2.41. The topological polar surface area (TPSA) is 29.1 Å². The molecule has 0 aromatic heterocycles. The standard InChI is InChI=1S/C17H17Cl2NO/c1-17(2,13-5-9-15(19)10-6-13)20-16(21)11-12-3-7-14(18)8-4-12/h3-10H,11H2,1-2H3,(H,20,21). The second-order valence-corrected chi connectivity index (χ2v) is 6.36. The number of carbonyl (C=O) groups is 1. The number of hydrogen-bond donors (Lipinski definition) is 1. The highest BCUT2D eigenvalue weighted by atomic mass is 35.5. The van der Waals surface area contributed by atoms with E-state index in [2.05, 4.69) is 5.32 Å². The third-order valence-corrected chi connectivity index (χ3v) is 3.80. The highest BCUT2D eigenvalue weighted by Gasteiger charge is 2.22. The summed E-state index contributed by atoms with van der Waals surface area (Å²) in [6, 6.07) is 14.8. The van der Waals surface area contributed by atoms with Crippen LogP contribution in [0.1, 0.15) is 25.0 Å². The van der Waals surface area contributed by atoms with E-state index in [4.69, 9.17) is 23.2 Å². The molecular weight excluding hydrogens is 305 g/mol. The summed E-state index contributed by atoms with van der Waals surface area (Å²) >= 11 is 11.7. The van der Waals surface area contributed by atoms with Gasteiger partial charge in [0.05, 0.1) is 12.0 Å². The highest BCUT2D eigenvalue weighted by Crippen LogP contribution is 2.22. The van der Waals surface area contributed by atoms with Crippen LogP contribution >= 0.6 is 23.2 Å². The first kappa shape index (κ1) is 15.9. The Labute approximate surface area is 135 Å². The van der Waals surface area contributed by atoms with Crippen molar-refractivity contribution in [2.24, 2.45) is 0 Å². The van der Waals surface area contributed by atoms with E-state index in [-0.39, 0.29) is 5.91 Å². The Morgan fingerprint density at radius 1 is 0.952 bits per heavy atom. The molecule has 0 bridgehead atoms. The van der Waals surface area contributed by atoms with Crippen molar-refractivity contribution in [3.05, 3.63) is 69.7 Å². The van der Waals surface area contributed by atoms with Crippen molar-refractivity contribution in [1.82, 2.24) is 5.32 Å². The lowest BCUT2D eigenvalue weighted by Gasteiger charge is -2.27. The number of benzene rings is 2. The van der Waals surface area contributed by atoms with Gasteiger partial charge in [0.1, 0.15) is 0 Å². The molecule has 4 heteroatoms. The van der Waals surface area contributed by atoms with Crippen molar-refractivity contribution < 1.29 is 4.79 Å². The number of rotatable bonds is 4. The maximum atomic E-state index is 12.2. The molecule has 0 radical (unpaired) electrons.